The van der Waals surface area contributed by atoms with Crippen LogP contribution >= 0.6 is 0 Å². The molecule has 0 aliphatic heterocycles. The zero-order valence-electron chi connectivity index (χ0n) is 10.1. The first-order valence-electron chi connectivity index (χ1n) is 5.67. The van der Waals surface area contributed by atoms with Gasteiger partial charge in [0, 0.05) is 5.56 Å². The third-order valence-electron chi connectivity index (χ3n) is 3.08. The SMILES string of the molecule is Cc1ccc(-c2ccc3n[nH]c(=O)n3n2)cc1C. The minimum Gasteiger partial charge on any atom is -0.244 e. The van der Waals surface area contributed by atoms with Crippen LogP contribution < -0.4 is 5.69 Å². The lowest BCUT2D eigenvalue weighted by atomic mass is 10.0. The Morgan fingerprint density at radius 3 is 2.72 bits per heavy atom. The Morgan fingerprint density at radius 1 is 1.11 bits per heavy atom. The molecule has 0 aliphatic carbocycles. The number of rotatable bonds is 1. The lowest BCUT2D eigenvalue weighted by molar-refractivity contribution is 0.884. The van der Waals surface area contributed by atoms with Gasteiger partial charge in [0.05, 0.1) is 5.69 Å². The molecule has 0 amide bonds. The van der Waals surface area contributed by atoms with E-state index in [1.54, 1.807) is 6.07 Å². The van der Waals surface area contributed by atoms with Crippen LogP contribution in [-0.2, 0) is 0 Å². The summed E-state index contributed by atoms with van der Waals surface area (Å²) in [4.78, 5) is 11.5. The molecule has 1 N–H and O–H groups in total. The maximum Gasteiger partial charge on any atom is 0.364 e. The Balaban J connectivity index is 2.21. The van der Waals surface area contributed by atoms with Gasteiger partial charge in [0.1, 0.15) is 0 Å². The minimum absolute atomic E-state index is 0.323. The molecule has 0 unspecified atom stereocenters. The number of benzene rings is 1. The molecule has 0 saturated carbocycles. The maximum atomic E-state index is 11.5. The van der Waals surface area contributed by atoms with Gasteiger partial charge in [-0.3, -0.25) is 0 Å². The van der Waals surface area contributed by atoms with Crippen molar-refractivity contribution in [3.63, 3.8) is 0 Å². The monoisotopic (exact) mass is 240 g/mol. The van der Waals surface area contributed by atoms with Crippen LogP contribution in [0.5, 0.6) is 0 Å². The van der Waals surface area contributed by atoms with Crippen molar-refractivity contribution in [2.75, 3.05) is 0 Å². The van der Waals surface area contributed by atoms with Crippen LogP contribution in [0.3, 0.4) is 0 Å². The maximum absolute atomic E-state index is 11.5. The van der Waals surface area contributed by atoms with Crippen LogP contribution in [0.15, 0.2) is 35.1 Å². The van der Waals surface area contributed by atoms with Gasteiger partial charge in [0.25, 0.3) is 0 Å². The van der Waals surface area contributed by atoms with Crippen molar-refractivity contribution >= 4 is 5.65 Å². The molecule has 3 rings (SSSR count). The Labute approximate surface area is 103 Å². The normalized spacial score (nSPS) is 11.0. The predicted octanol–water partition coefficient (Wildman–Crippen LogP) is 1.70. The highest BCUT2D eigenvalue weighted by Crippen LogP contribution is 2.19. The van der Waals surface area contributed by atoms with Gasteiger partial charge in [-0.1, -0.05) is 12.1 Å². The van der Waals surface area contributed by atoms with Crippen molar-refractivity contribution in [2.45, 2.75) is 13.8 Å². The highest BCUT2D eigenvalue weighted by atomic mass is 16.2. The van der Waals surface area contributed by atoms with Gasteiger partial charge in [-0.2, -0.15) is 14.7 Å². The van der Waals surface area contributed by atoms with Crippen LogP contribution in [-0.4, -0.2) is 19.8 Å². The molecule has 3 aromatic rings. The average molecular weight is 240 g/mol. The van der Waals surface area contributed by atoms with E-state index in [0.717, 1.165) is 11.3 Å². The number of aromatic nitrogens is 4. The Hall–Kier alpha value is -2.43. The molecular formula is C13H12N4O. The molecule has 0 fully saturated rings. The molecule has 0 bridgehead atoms. The number of nitrogens with one attached hydrogen (secondary N) is 1. The lowest BCUT2D eigenvalue weighted by Crippen LogP contribution is -2.12. The third kappa shape index (κ3) is 1.60. The van der Waals surface area contributed by atoms with Crippen molar-refractivity contribution in [1.82, 2.24) is 19.8 Å². The smallest absolute Gasteiger partial charge is 0.244 e. The molecule has 5 nitrogen and oxygen atoms in total. The van der Waals surface area contributed by atoms with E-state index in [1.807, 2.05) is 12.1 Å². The van der Waals surface area contributed by atoms with E-state index >= 15 is 0 Å². The molecule has 5 heteroatoms. The first kappa shape index (κ1) is 10.7. The summed E-state index contributed by atoms with van der Waals surface area (Å²) < 4.78 is 1.27. The molecule has 1 aromatic carbocycles. The van der Waals surface area contributed by atoms with Gasteiger partial charge in [-0.15, -0.1) is 0 Å². The van der Waals surface area contributed by atoms with Crippen molar-refractivity contribution in [3.8, 4) is 11.3 Å². The molecule has 2 heterocycles. The molecule has 0 radical (unpaired) electrons. The van der Waals surface area contributed by atoms with Gasteiger partial charge in [-0.05, 0) is 43.2 Å². The number of fused-ring (bicyclic) bond motifs is 1. The topological polar surface area (TPSA) is 63.0 Å². The molecular weight excluding hydrogens is 228 g/mol. The van der Waals surface area contributed by atoms with E-state index in [0.29, 0.717) is 5.65 Å². The fourth-order valence-corrected chi connectivity index (χ4v) is 1.86. The molecule has 0 saturated heterocycles. The van der Waals surface area contributed by atoms with E-state index in [2.05, 4.69) is 41.3 Å². The summed E-state index contributed by atoms with van der Waals surface area (Å²) >= 11 is 0. The van der Waals surface area contributed by atoms with E-state index in [-0.39, 0.29) is 5.69 Å². The second-order valence-electron chi connectivity index (χ2n) is 4.32. The van der Waals surface area contributed by atoms with Crippen molar-refractivity contribution in [2.24, 2.45) is 0 Å². The largest absolute Gasteiger partial charge is 0.364 e. The first-order chi connectivity index (χ1) is 8.65. The quantitative estimate of drug-likeness (QED) is 0.704. The lowest BCUT2D eigenvalue weighted by Gasteiger charge is -2.04. The van der Waals surface area contributed by atoms with Crippen molar-refractivity contribution < 1.29 is 0 Å². The van der Waals surface area contributed by atoms with E-state index in [9.17, 15) is 4.79 Å². The third-order valence-corrected chi connectivity index (χ3v) is 3.08. The van der Waals surface area contributed by atoms with Gasteiger partial charge in [0.2, 0.25) is 0 Å². The number of aryl methyl sites for hydroxylation is 2. The number of aromatic amines is 1. The van der Waals surface area contributed by atoms with Gasteiger partial charge in [0.15, 0.2) is 5.65 Å². The van der Waals surface area contributed by atoms with Crippen LogP contribution in [0.1, 0.15) is 11.1 Å². The van der Waals surface area contributed by atoms with Crippen molar-refractivity contribution in [3.05, 3.63) is 51.9 Å². The standard InChI is InChI=1S/C13H12N4O/c1-8-3-4-10(7-9(8)2)11-5-6-12-14-15-13(18)17(12)16-11/h3-7H,1-2H3,(H,15,18). The second kappa shape index (κ2) is 3.80. The van der Waals surface area contributed by atoms with Crippen LogP contribution in [0.4, 0.5) is 0 Å². The zero-order valence-corrected chi connectivity index (χ0v) is 10.1. The fourth-order valence-electron chi connectivity index (χ4n) is 1.86. The number of hydrogen-bond acceptors (Lipinski definition) is 3. The fraction of sp³-hybridized carbons (Fsp3) is 0.154. The Morgan fingerprint density at radius 2 is 1.94 bits per heavy atom. The van der Waals surface area contributed by atoms with Crippen molar-refractivity contribution in [1.29, 1.82) is 0 Å². The van der Waals surface area contributed by atoms with E-state index < -0.39 is 0 Å². The number of nitrogens with zero attached hydrogens (tertiary/aromatic N) is 3. The number of H-pyrrole nitrogens is 1. The summed E-state index contributed by atoms with van der Waals surface area (Å²) in [7, 11) is 0. The molecule has 2 aromatic heterocycles. The second-order valence-corrected chi connectivity index (χ2v) is 4.32. The van der Waals surface area contributed by atoms with Crippen LogP contribution in [0.25, 0.3) is 16.9 Å². The van der Waals surface area contributed by atoms with E-state index in [4.69, 9.17) is 0 Å². The average Bonchev–Trinajstić information content (AvgIpc) is 2.74. The van der Waals surface area contributed by atoms with E-state index in [1.165, 1.54) is 15.6 Å². The number of hydrogen-bond donors (Lipinski definition) is 1. The molecule has 0 spiro atoms. The molecule has 18 heavy (non-hydrogen) atoms. The highest BCUT2D eigenvalue weighted by Gasteiger charge is 2.05. The van der Waals surface area contributed by atoms with Gasteiger partial charge in [-0.25, -0.2) is 9.89 Å². The van der Waals surface area contributed by atoms with Crippen LogP contribution in [0.2, 0.25) is 0 Å². The minimum atomic E-state index is -0.323. The van der Waals surface area contributed by atoms with Gasteiger partial charge >= 0.3 is 5.69 Å². The summed E-state index contributed by atoms with van der Waals surface area (Å²) in [5, 5.41) is 10.5. The summed E-state index contributed by atoms with van der Waals surface area (Å²) in [5.74, 6) is 0. The molecule has 90 valence electrons. The summed E-state index contributed by atoms with van der Waals surface area (Å²) in [5.41, 5.74) is 4.39. The molecule has 0 atom stereocenters. The highest BCUT2D eigenvalue weighted by molar-refractivity contribution is 5.61. The molecule has 0 aliphatic rings. The first-order valence-corrected chi connectivity index (χ1v) is 5.67. The summed E-state index contributed by atoms with van der Waals surface area (Å²) in [6.45, 7) is 4.12. The Bertz CT molecular complexity index is 785. The van der Waals surface area contributed by atoms with Gasteiger partial charge < -0.3 is 0 Å². The Kier molecular flexibility index (Phi) is 2.26. The zero-order chi connectivity index (χ0) is 12.7. The summed E-state index contributed by atoms with van der Waals surface area (Å²) in [6.07, 6.45) is 0. The van der Waals surface area contributed by atoms with Crippen LogP contribution in [0, 0.1) is 13.8 Å². The predicted molar refractivity (Wildman–Crippen MR) is 68.5 cm³/mol. The summed E-state index contributed by atoms with van der Waals surface area (Å²) in [6, 6.07) is 9.75.